The molecule has 1 unspecified atom stereocenters. The van der Waals surface area contributed by atoms with Gasteiger partial charge in [-0.05, 0) is 44.5 Å². The molecule has 0 radical (unpaired) electrons. The SMILES string of the molecule is CCCNC(C)c1cccnc1N(C)c1ccccc1C. The molecule has 0 saturated carbocycles. The third-order valence-electron chi connectivity index (χ3n) is 3.78. The molecule has 0 saturated heterocycles. The van der Waals surface area contributed by atoms with E-state index in [1.165, 1.54) is 16.8 Å². The van der Waals surface area contributed by atoms with E-state index in [9.17, 15) is 0 Å². The van der Waals surface area contributed by atoms with Gasteiger partial charge in [0.2, 0.25) is 0 Å². The van der Waals surface area contributed by atoms with Crippen molar-refractivity contribution < 1.29 is 0 Å². The standard InChI is InChI=1S/C18H25N3/c1-5-12-19-15(3)16-10-8-13-20-18(16)21(4)17-11-7-6-9-14(17)2/h6-11,13,15,19H,5,12H2,1-4H3. The van der Waals surface area contributed by atoms with Crippen molar-refractivity contribution in [2.24, 2.45) is 0 Å². The molecule has 1 heterocycles. The van der Waals surface area contributed by atoms with Crippen molar-refractivity contribution in [3.8, 4) is 0 Å². The van der Waals surface area contributed by atoms with Gasteiger partial charge < -0.3 is 10.2 Å². The minimum atomic E-state index is 0.292. The third-order valence-corrected chi connectivity index (χ3v) is 3.78. The molecule has 3 heteroatoms. The van der Waals surface area contributed by atoms with E-state index in [2.05, 4.69) is 73.4 Å². The highest BCUT2D eigenvalue weighted by Crippen LogP contribution is 2.30. The fourth-order valence-electron chi connectivity index (χ4n) is 2.55. The summed E-state index contributed by atoms with van der Waals surface area (Å²) in [6.45, 7) is 7.53. The third kappa shape index (κ3) is 3.61. The minimum Gasteiger partial charge on any atom is -0.329 e. The van der Waals surface area contributed by atoms with Gasteiger partial charge >= 0.3 is 0 Å². The van der Waals surface area contributed by atoms with Gasteiger partial charge in [-0.25, -0.2) is 4.98 Å². The zero-order valence-corrected chi connectivity index (χ0v) is 13.4. The molecule has 112 valence electrons. The Labute approximate surface area is 128 Å². The number of anilines is 2. The predicted octanol–water partition coefficient (Wildman–Crippen LogP) is 4.22. The van der Waals surface area contributed by atoms with Crippen molar-refractivity contribution >= 4 is 11.5 Å². The first-order chi connectivity index (χ1) is 10.1. The topological polar surface area (TPSA) is 28.2 Å². The molecule has 0 spiro atoms. The molecule has 1 aromatic carbocycles. The summed E-state index contributed by atoms with van der Waals surface area (Å²) in [7, 11) is 2.08. The Hall–Kier alpha value is -1.87. The maximum absolute atomic E-state index is 4.61. The summed E-state index contributed by atoms with van der Waals surface area (Å²) in [6, 6.07) is 12.9. The van der Waals surface area contributed by atoms with Gasteiger partial charge in [0.1, 0.15) is 5.82 Å². The summed E-state index contributed by atoms with van der Waals surface area (Å²) in [5.41, 5.74) is 3.68. The van der Waals surface area contributed by atoms with Crippen LogP contribution in [0.4, 0.5) is 11.5 Å². The average molecular weight is 283 g/mol. The lowest BCUT2D eigenvalue weighted by Gasteiger charge is -2.25. The Morgan fingerprint density at radius 2 is 1.95 bits per heavy atom. The quantitative estimate of drug-likeness (QED) is 0.860. The molecule has 1 atom stereocenters. The van der Waals surface area contributed by atoms with Gasteiger partial charge in [0.05, 0.1) is 0 Å². The molecule has 3 nitrogen and oxygen atoms in total. The molecule has 1 N–H and O–H groups in total. The van der Waals surface area contributed by atoms with Crippen molar-refractivity contribution in [1.29, 1.82) is 0 Å². The van der Waals surface area contributed by atoms with Crippen LogP contribution in [-0.2, 0) is 0 Å². The lowest BCUT2D eigenvalue weighted by Crippen LogP contribution is -2.23. The zero-order valence-electron chi connectivity index (χ0n) is 13.4. The summed E-state index contributed by atoms with van der Waals surface area (Å²) in [6.07, 6.45) is 2.99. The number of nitrogens with zero attached hydrogens (tertiary/aromatic N) is 2. The van der Waals surface area contributed by atoms with E-state index < -0.39 is 0 Å². The highest BCUT2D eigenvalue weighted by atomic mass is 15.2. The number of para-hydroxylation sites is 1. The summed E-state index contributed by atoms with van der Waals surface area (Å²) < 4.78 is 0. The number of hydrogen-bond donors (Lipinski definition) is 1. The molecule has 21 heavy (non-hydrogen) atoms. The van der Waals surface area contributed by atoms with Gasteiger partial charge in [-0.1, -0.05) is 31.2 Å². The maximum Gasteiger partial charge on any atom is 0.137 e. The molecule has 0 aliphatic rings. The minimum absolute atomic E-state index is 0.292. The smallest absolute Gasteiger partial charge is 0.137 e. The Kier molecular flexibility index (Phi) is 5.34. The fraction of sp³-hybridized carbons (Fsp3) is 0.389. The van der Waals surface area contributed by atoms with E-state index in [1.54, 1.807) is 0 Å². The Balaban J connectivity index is 2.33. The normalized spacial score (nSPS) is 12.2. The molecular weight excluding hydrogens is 258 g/mol. The first-order valence-corrected chi connectivity index (χ1v) is 7.62. The van der Waals surface area contributed by atoms with E-state index in [-0.39, 0.29) is 0 Å². The van der Waals surface area contributed by atoms with E-state index in [4.69, 9.17) is 0 Å². The second kappa shape index (κ2) is 7.23. The van der Waals surface area contributed by atoms with Gasteiger partial charge in [0.15, 0.2) is 0 Å². The van der Waals surface area contributed by atoms with Crippen LogP contribution in [0.2, 0.25) is 0 Å². The summed E-state index contributed by atoms with van der Waals surface area (Å²) >= 11 is 0. The summed E-state index contributed by atoms with van der Waals surface area (Å²) in [4.78, 5) is 6.79. The Morgan fingerprint density at radius 3 is 2.67 bits per heavy atom. The van der Waals surface area contributed by atoms with Crippen LogP contribution in [0.15, 0.2) is 42.6 Å². The van der Waals surface area contributed by atoms with Gasteiger partial charge in [-0.3, -0.25) is 0 Å². The molecule has 0 aliphatic carbocycles. The van der Waals surface area contributed by atoms with Crippen molar-refractivity contribution in [3.05, 3.63) is 53.7 Å². The van der Waals surface area contributed by atoms with Crippen LogP contribution >= 0.6 is 0 Å². The molecule has 0 bridgehead atoms. The van der Waals surface area contributed by atoms with Crippen molar-refractivity contribution in [2.45, 2.75) is 33.2 Å². The lowest BCUT2D eigenvalue weighted by atomic mass is 10.1. The van der Waals surface area contributed by atoms with E-state index in [0.29, 0.717) is 6.04 Å². The highest BCUT2D eigenvalue weighted by Gasteiger charge is 2.16. The summed E-state index contributed by atoms with van der Waals surface area (Å²) in [5.74, 6) is 1.02. The van der Waals surface area contributed by atoms with Crippen molar-refractivity contribution in [1.82, 2.24) is 10.3 Å². The fourth-order valence-corrected chi connectivity index (χ4v) is 2.55. The first-order valence-electron chi connectivity index (χ1n) is 7.62. The molecule has 0 aliphatic heterocycles. The van der Waals surface area contributed by atoms with E-state index >= 15 is 0 Å². The van der Waals surface area contributed by atoms with Crippen LogP contribution < -0.4 is 10.2 Å². The van der Waals surface area contributed by atoms with Crippen LogP contribution in [0.25, 0.3) is 0 Å². The maximum atomic E-state index is 4.61. The molecule has 2 rings (SSSR count). The largest absolute Gasteiger partial charge is 0.329 e. The van der Waals surface area contributed by atoms with Crippen LogP contribution in [0.3, 0.4) is 0 Å². The number of hydrogen-bond acceptors (Lipinski definition) is 3. The number of rotatable bonds is 6. The molecule has 1 aromatic heterocycles. The average Bonchev–Trinajstić information content (AvgIpc) is 2.52. The van der Waals surface area contributed by atoms with Gasteiger partial charge in [0.25, 0.3) is 0 Å². The van der Waals surface area contributed by atoms with Gasteiger partial charge in [0, 0.05) is 30.5 Å². The van der Waals surface area contributed by atoms with Crippen LogP contribution in [0, 0.1) is 6.92 Å². The van der Waals surface area contributed by atoms with Crippen LogP contribution in [0.5, 0.6) is 0 Å². The Morgan fingerprint density at radius 1 is 1.19 bits per heavy atom. The number of nitrogens with one attached hydrogen (secondary N) is 1. The molecule has 0 amide bonds. The van der Waals surface area contributed by atoms with E-state index in [0.717, 1.165) is 18.8 Å². The molecule has 0 fully saturated rings. The lowest BCUT2D eigenvalue weighted by molar-refractivity contribution is 0.569. The second-order valence-electron chi connectivity index (χ2n) is 5.44. The van der Waals surface area contributed by atoms with Crippen LogP contribution in [-0.4, -0.2) is 18.6 Å². The number of pyridine rings is 1. The van der Waals surface area contributed by atoms with Gasteiger partial charge in [-0.2, -0.15) is 0 Å². The van der Waals surface area contributed by atoms with E-state index in [1.807, 2.05) is 12.3 Å². The van der Waals surface area contributed by atoms with Gasteiger partial charge in [-0.15, -0.1) is 0 Å². The van der Waals surface area contributed by atoms with Crippen LogP contribution in [0.1, 0.15) is 37.4 Å². The summed E-state index contributed by atoms with van der Waals surface area (Å²) in [5, 5.41) is 3.54. The van der Waals surface area contributed by atoms with Crippen molar-refractivity contribution in [2.75, 3.05) is 18.5 Å². The Bertz CT molecular complexity index is 580. The second-order valence-corrected chi connectivity index (χ2v) is 5.44. The molecule has 2 aromatic rings. The first kappa shape index (κ1) is 15.5. The predicted molar refractivity (Wildman–Crippen MR) is 90.2 cm³/mol. The molecular formula is C18H25N3. The zero-order chi connectivity index (χ0) is 15.2. The number of benzene rings is 1. The van der Waals surface area contributed by atoms with Crippen molar-refractivity contribution in [3.63, 3.8) is 0 Å². The highest BCUT2D eigenvalue weighted by molar-refractivity contribution is 5.65. The monoisotopic (exact) mass is 283 g/mol. The number of aromatic nitrogens is 1. The number of aryl methyl sites for hydroxylation is 1.